The highest BCUT2D eigenvalue weighted by atomic mass is 32.2. The Kier molecular flexibility index (Phi) is 5.49. The number of hydrogen-bond donors (Lipinski definition) is 1. The van der Waals surface area contributed by atoms with Crippen LogP contribution < -0.4 is 9.62 Å². The molecule has 1 aromatic heterocycles. The molecule has 30 heavy (non-hydrogen) atoms. The summed E-state index contributed by atoms with van der Waals surface area (Å²) < 4.78 is 32.9. The van der Waals surface area contributed by atoms with Crippen molar-refractivity contribution in [2.45, 2.75) is 11.4 Å². The number of sulfonamides is 1. The summed E-state index contributed by atoms with van der Waals surface area (Å²) in [5.41, 5.74) is 2.07. The lowest BCUT2D eigenvalue weighted by Gasteiger charge is -2.19. The molecule has 0 aliphatic carbocycles. The average Bonchev–Trinajstić information content (AvgIpc) is 3.28. The first-order chi connectivity index (χ1) is 14.5. The van der Waals surface area contributed by atoms with Gasteiger partial charge < -0.3 is 9.73 Å². The molecule has 0 saturated carbocycles. The molecule has 0 fully saturated rings. The number of nitrogens with one attached hydrogen (secondary N) is 1. The Labute approximate surface area is 175 Å². The van der Waals surface area contributed by atoms with Crippen molar-refractivity contribution in [2.75, 3.05) is 16.7 Å². The molecule has 7 nitrogen and oxygen atoms in total. The molecular weight excluding hydrogens is 400 g/mol. The van der Waals surface area contributed by atoms with Crippen molar-refractivity contribution in [2.24, 2.45) is 0 Å². The maximum atomic E-state index is 13.0. The van der Waals surface area contributed by atoms with E-state index in [1.165, 1.54) is 11.4 Å². The van der Waals surface area contributed by atoms with E-state index in [9.17, 15) is 8.42 Å². The lowest BCUT2D eigenvalue weighted by Crippen LogP contribution is -2.26. The number of benzene rings is 3. The van der Waals surface area contributed by atoms with Gasteiger partial charge in [0, 0.05) is 18.3 Å². The number of rotatable bonds is 7. The van der Waals surface area contributed by atoms with Crippen LogP contribution in [0.1, 0.15) is 5.89 Å². The molecule has 0 spiro atoms. The normalized spacial score (nSPS) is 11.2. The van der Waals surface area contributed by atoms with Gasteiger partial charge >= 0.3 is 0 Å². The minimum Gasteiger partial charge on any atom is -0.419 e. The fourth-order valence-corrected chi connectivity index (χ4v) is 4.14. The SMILES string of the molecule is CN(c1ccccc1)S(=O)(=O)c1cccc(NCc2nnc(-c3ccccc3)o2)c1. The second kappa shape index (κ2) is 8.38. The summed E-state index contributed by atoms with van der Waals surface area (Å²) in [5, 5.41) is 11.2. The van der Waals surface area contributed by atoms with Gasteiger partial charge in [-0.3, -0.25) is 4.31 Å². The van der Waals surface area contributed by atoms with Crippen molar-refractivity contribution in [3.8, 4) is 11.5 Å². The van der Waals surface area contributed by atoms with E-state index in [1.807, 2.05) is 36.4 Å². The molecule has 0 atom stereocenters. The monoisotopic (exact) mass is 420 g/mol. The Bertz CT molecular complexity index is 1230. The summed E-state index contributed by atoms with van der Waals surface area (Å²) in [7, 11) is -2.15. The molecule has 4 aromatic rings. The second-order valence-electron chi connectivity index (χ2n) is 6.56. The van der Waals surface area contributed by atoms with E-state index in [-0.39, 0.29) is 11.4 Å². The predicted octanol–water partition coefficient (Wildman–Crippen LogP) is 4.17. The smallest absolute Gasteiger partial charge is 0.264 e. The maximum Gasteiger partial charge on any atom is 0.264 e. The molecule has 0 aliphatic rings. The quantitative estimate of drug-likeness (QED) is 0.483. The molecule has 8 heteroatoms. The molecule has 0 saturated heterocycles. The Morgan fingerprint density at radius 3 is 2.33 bits per heavy atom. The largest absolute Gasteiger partial charge is 0.419 e. The summed E-state index contributed by atoms with van der Waals surface area (Å²) in [5.74, 6) is 0.844. The second-order valence-corrected chi connectivity index (χ2v) is 8.53. The molecular formula is C22H20N4O3S. The van der Waals surface area contributed by atoms with Gasteiger partial charge in [0.05, 0.1) is 17.1 Å². The number of nitrogens with zero attached hydrogens (tertiary/aromatic N) is 3. The first-order valence-electron chi connectivity index (χ1n) is 9.30. The highest BCUT2D eigenvalue weighted by Gasteiger charge is 2.21. The first-order valence-corrected chi connectivity index (χ1v) is 10.7. The Morgan fingerprint density at radius 1 is 0.900 bits per heavy atom. The van der Waals surface area contributed by atoms with E-state index in [0.29, 0.717) is 23.2 Å². The standard InChI is InChI=1S/C22H20N4O3S/c1-26(19-12-6-3-7-13-19)30(27,28)20-14-8-11-18(15-20)23-16-21-24-25-22(29-21)17-9-4-2-5-10-17/h2-15,23H,16H2,1H3. The number of hydrogen-bond acceptors (Lipinski definition) is 6. The van der Waals surface area contributed by atoms with Crippen molar-refractivity contribution < 1.29 is 12.8 Å². The predicted molar refractivity (Wildman–Crippen MR) is 116 cm³/mol. The molecule has 0 bridgehead atoms. The Balaban J connectivity index is 1.48. The van der Waals surface area contributed by atoms with Crippen LogP contribution in [-0.2, 0) is 16.6 Å². The topological polar surface area (TPSA) is 88.3 Å². The highest BCUT2D eigenvalue weighted by molar-refractivity contribution is 7.92. The van der Waals surface area contributed by atoms with Crippen LogP contribution in [0.4, 0.5) is 11.4 Å². The third kappa shape index (κ3) is 4.18. The van der Waals surface area contributed by atoms with Crippen molar-refractivity contribution in [1.29, 1.82) is 0 Å². The van der Waals surface area contributed by atoms with Gasteiger partial charge in [-0.1, -0.05) is 42.5 Å². The van der Waals surface area contributed by atoms with Gasteiger partial charge in [-0.2, -0.15) is 0 Å². The molecule has 0 amide bonds. The summed E-state index contributed by atoms with van der Waals surface area (Å²) in [6.45, 7) is 0.276. The summed E-state index contributed by atoms with van der Waals surface area (Å²) in [6, 6.07) is 25.1. The molecule has 1 heterocycles. The van der Waals surface area contributed by atoms with Gasteiger partial charge in [-0.05, 0) is 42.5 Å². The Morgan fingerprint density at radius 2 is 1.60 bits per heavy atom. The number of para-hydroxylation sites is 1. The molecule has 3 aromatic carbocycles. The highest BCUT2D eigenvalue weighted by Crippen LogP contribution is 2.24. The van der Waals surface area contributed by atoms with E-state index in [4.69, 9.17) is 4.42 Å². The van der Waals surface area contributed by atoms with Crippen molar-refractivity contribution in [1.82, 2.24) is 10.2 Å². The average molecular weight is 420 g/mol. The van der Waals surface area contributed by atoms with Gasteiger partial charge in [-0.15, -0.1) is 10.2 Å². The summed E-state index contributed by atoms with van der Waals surface area (Å²) in [6.07, 6.45) is 0. The van der Waals surface area contributed by atoms with E-state index in [2.05, 4.69) is 15.5 Å². The van der Waals surface area contributed by atoms with Crippen molar-refractivity contribution >= 4 is 21.4 Å². The molecule has 0 radical (unpaired) electrons. The van der Waals surface area contributed by atoms with E-state index in [0.717, 1.165) is 5.56 Å². The van der Waals surface area contributed by atoms with Crippen LogP contribution >= 0.6 is 0 Å². The van der Waals surface area contributed by atoms with Crippen LogP contribution in [0.15, 0.2) is 94.2 Å². The zero-order chi connectivity index (χ0) is 21.0. The van der Waals surface area contributed by atoms with Gasteiger partial charge in [0.1, 0.15) is 0 Å². The van der Waals surface area contributed by atoms with Crippen molar-refractivity contribution in [3.05, 3.63) is 90.8 Å². The van der Waals surface area contributed by atoms with E-state index in [1.54, 1.807) is 48.5 Å². The van der Waals surface area contributed by atoms with Gasteiger partial charge in [0.2, 0.25) is 11.8 Å². The van der Waals surface area contributed by atoms with E-state index < -0.39 is 10.0 Å². The fraction of sp³-hybridized carbons (Fsp3) is 0.0909. The fourth-order valence-electron chi connectivity index (χ4n) is 2.90. The molecule has 0 aliphatic heterocycles. The zero-order valence-electron chi connectivity index (χ0n) is 16.3. The van der Waals surface area contributed by atoms with E-state index >= 15 is 0 Å². The van der Waals surface area contributed by atoms with Crippen molar-refractivity contribution in [3.63, 3.8) is 0 Å². The molecule has 1 N–H and O–H groups in total. The van der Waals surface area contributed by atoms with Crippen LogP contribution in [0.25, 0.3) is 11.5 Å². The maximum absolute atomic E-state index is 13.0. The molecule has 0 unspecified atom stereocenters. The van der Waals surface area contributed by atoms with Crippen LogP contribution in [0.5, 0.6) is 0 Å². The summed E-state index contributed by atoms with van der Waals surface area (Å²) in [4.78, 5) is 0.189. The number of anilines is 2. The van der Waals surface area contributed by atoms with Crippen LogP contribution in [0.2, 0.25) is 0 Å². The summed E-state index contributed by atoms with van der Waals surface area (Å²) >= 11 is 0. The Hall–Kier alpha value is -3.65. The minimum atomic E-state index is -3.69. The van der Waals surface area contributed by atoms with Crippen LogP contribution in [0, 0.1) is 0 Å². The third-order valence-corrected chi connectivity index (χ3v) is 6.33. The van der Waals surface area contributed by atoms with Gasteiger partial charge in [-0.25, -0.2) is 8.42 Å². The van der Waals surface area contributed by atoms with Crippen LogP contribution in [0.3, 0.4) is 0 Å². The van der Waals surface area contributed by atoms with Gasteiger partial charge in [0.25, 0.3) is 10.0 Å². The molecule has 4 rings (SSSR count). The first kappa shape index (κ1) is 19.7. The molecule has 152 valence electrons. The van der Waals surface area contributed by atoms with Gasteiger partial charge in [0.15, 0.2) is 0 Å². The zero-order valence-corrected chi connectivity index (χ0v) is 17.1. The third-order valence-electron chi connectivity index (χ3n) is 4.54. The number of aromatic nitrogens is 2. The lowest BCUT2D eigenvalue weighted by atomic mass is 10.2. The minimum absolute atomic E-state index is 0.189. The van der Waals surface area contributed by atoms with Crippen LogP contribution in [-0.4, -0.2) is 25.7 Å². The lowest BCUT2D eigenvalue weighted by molar-refractivity contribution is 0.515.